The molecule has 0 aliphatic carbocycles. The van der Waals surface area contributed by atoms with Gasteiger partial charge in [0.15, 0.2) is 0 Å². The Hall–Kier alpha value is -1.35. The van der Waals surface area contributed by atoms with Crippen molar-refractivity contribution in [2.75, 3.05) is 5.32 Å². The van der Waals surface area contributed by atoms with Crippen LogP contribution in [0.1, 0.15) is 20.8 Å². The first-order valence-electron chi connectivity index (χ1n) is 5.95. The van der Waals surface area contributed by atoms with Crippen LogP contribution in [0.5, 0.6) is 0 Å². The lowest BCUT2D eigenvalue weighted by atomic mass is 10.0. The molecule has 0 aliphatic rings. The Morgan fingerprint density at radius 1 is 1.11 bits per heavy atom. The van der Waals surface area contributed by atoms with E-state index in [1.54, 1.807) is 0 Å². The molecule has 3 heteroatoms. The minimum Gasteiger partial charge on any atom is -0.380 e. The highest BCUT2D eigenvalue weighted by atomic mass is 79.9. The summed E-state index contributed by atoms with van der Waals surface area (Å²) in [6.07, 6.45) is 1.82. The number of anilines is 1. The van der Waals surface area contributed by atoms with Crippen molar-refractivity contribution < 1.29 is 0 Å². The fraction of sp³-hybridized carbons (Fsp3) is 0.267. The first-order chi connectivity index (χ1) is 8.46. The maximum Gasteiger partial charge on any atom is 0.0722 e. The van der Waals surface area contributed by atoms with E-state index in [1.165, 1.54) is 0 Å². The molecule has 0 saturated carbocycles. The Morgan fingerprint density at radius 2 is 1.89 bits per heavy atom. The molecule has 1 aromatic heterocycles. The molecule has 2 nitrogen and oxygen atoms in total. The summed E-state index contributed by atoms with van der Waals surface area (Å²) < 4.78 is 1.06. The number of rotatable bonds is 2. The van der Waals surface area contributed by atoms with Crippen LogP contribution in [0.3, 0.4) is 0 Å². The molecule has 2 aromatic rings. The van der Waals surface area contributed by atoms with Crippen LogP contribution in [0.4, 0.5) is 5.69 Å². The van der Waals surface area contributed by atoms with Crippen molar-refractivity contribution in [3.05, 3.63) is 47.1 Å². The third kappa shape index (κ3) is 3.33. The third-order valence-corrected chi connectivity index (χ3v) is 2.93. The van der Waals surface area contributed by atoms with Gasteiger partial charge in [0, 0.05) is 27.5 Å². The van der Waals surface area contributed by atoms with Gasteiger partial charge in [0.25, 0.3) is 0 Å². The average molecular weight is 305 g/mol. The van der Waals surface area contributed by atoms with Crippen LogP contribution in [0.25, 0.3) is 11.3 Å². The zero-order valence-corrected chi connectivity index (χ0v) is 12.5. The molecule has 0 amide bonds. The zero-order chi connectivity index (χ0) is 13.2. The van der Waals surface area contributed by atoms with Crippen LogP contribution in [0.15, 0.2) is 47.1 Å². The highest BCUT2D eigenvalue weighted by molar-refractivity contribution is 9.10. The molecule has 0 radical (unpaired) electrons. The third-order valence-electron chi connectivity index (χ3n) is 2.43. The average Bonchev–Trinajstić information content (AvgIpc) is 2.28. The van der Waals surface area contributed by atoms with Gasteiger partial charge in [-0.2, -0.15) is 0 Å². The Morgan fingerprint density at radius 3 is 2.50 bits per heavy atom. The fourth-order valence-corrected chi connectivity index (χ4v) is 2.13. The van der Waals surface area contributed by atoms with E-state index in [9.17, 15) is 0 Å². The highest BCUT2D eigenvalue weighted by Gasteiger charge is 2.13. The summed E-state index contributed by atoms with van der Waals surface area (Å²) in [7, 11) is 0. The number of nitrogens with one attached hydrogen (secondary N) is 1. The monoisotopic (exact) mass is 304 g/mol. The zero-order valence-electron chi connectivity index (χ0n) is 10.9. The summed E-state index contributed by atoms with van der Waals surface area (Å²) in [4.78, 5) is 4.41. The van der Waals surface area contributed by atoms with Gasteiger partial charge in [-0.25, -0.2) is 0 Å². The number of hydrogen-bond donors (Lipinski definition) is 1. The molecule has 1 heterocycles. The summed E-state index contributed by atoms with van der Waals surface area (Å²) in [6, 6.07) is 12.2. The smallest absolute Gasteiger partial charge is 0.0722 e. The van der Waals surface area contributed by atoms with E-state index in [1.807, 2.05) is 30.5 Å². The van der Waals surface area contributed by atoms with Gasteiger partial charge >= 0.3 is 0 Å². The molecule has 18 heavy (non-hydrogen) atoms. The van der Waals surface area contributed by atoms with E-state index in [2.05, 4.69) is 59.1 Å². The quantitative estimate of drug-likeness (QED) is 0.868. The number of nitrogens with zero attached hydrogens (tertiary/aromatic N) is 1. The molecule has 94 valence electrons. The van der Waals surface area contributed by atoms with Gasteiger partial charge in [-0.05, 0) is 51.1 Å². The predicted molar refractivity (Wildman–Crippen MR) is 80.7 cm³/mol. The Labute approximate surface area is 117 Å². The molecule has 0 aliphatic heterocycles. The van der Waals surface area contributed by atoms with Gasteiger partial charge in [0.1, 0.15) is 0 Å². The second-order valence-corrected chi connectivity index (χ2v) is 6.20. The van der Waals surface area contributed by atoms with Crippen LogP contribution in [-0.4, -0.2) is 10.5 Å². The van der Waals surface area contributed by atoms with Crippen molar-refractivity contribution in [2.45, 2.75) is 26.3 Å². The maximum absolute atomic E-state index is 4.41. The highest BCUT2D eigenvalue weighted by Crippen LogP contribution is 2.31. The molecule has 0 fully saturated rings. The molecule has 0 unspecified atom stereocenters. The minimum atomic E-state index is 0.0182. The number of hydrogen-bond acceptors (Lipinski definition) is 2. The number of aromatic nitrogens is 1. The minimum absolute atomic E-state index is 0.0182. The summed E-state index contributed by atoms with van der Waals surface area (Å²) >= 11 is 3.52. The summed E-state index contributed by atoms with van der Waals surface area (Å²) in [5.74, 6) is 0. The van der Waals surface area contributed by atoms with Crippen molar-refractivity contribution >= 4 is 21.6 Å². The SMILES string of the molecule is CC(C)(C)Nc1cc(Br)ccc1-c1ccccn1. The lowest BCUT2D eigenvalue weighted by molar-refractivity contribution is 0.634. The molecule has 1 N–H and O–H groups in total. The second kappa shape index (κ2) is 5.11. The van der Waals surface area contributed by atoms with E-state index >= 15 is 0 Å². The van der Waals surface area contributed by atoms with Crippen LogP contribution >= 0.6 is 15.9 Å². The Bertz CT molecular complexity index is 530. The van der Waals surface area contributed by atoms with Crippen LogP contribution < -0.4 is 5.32 Å². The maximum atomic E-state index is 4.41. The van der Waals surface area contributed by atoms with Gasteiger partial charge < -0.3 is 5.32 Å². The topological polar surface area (TPSA) is 24.9 Å². The predicted octanol–water partition coefficient (Wildman–Crippen LogP) is 4.72. The molecule has 2 rings (SSSR count). The van der Waals surface area contributed by atoms with E-state index in [0.717, 1.165) is 21.4 Å². The molecular formula is C15H17BrN2. The van der Waals surface area contributed by atoms with Crippen molar-refractivity contribution in [1.29, 1.82) is 0 Å². The molecule has 0 saturated heterocycles. The van der Waals surface area contributed by atoms with Gasteiger partial charge in [-0.1, -0.05) is 22.0 Å². The first kappa shape index (κ1) is 13.1. The number of halogens is 1. The van der Waals surface area contributed by atoms with Crippen molar-refractivity contribution in [3.63, 3.8) is 0 Å². The van der Waals surface area contributed by atoms with Crippen LogP contribution in [0, 0.1) is 0 Å². The number of pyridine rings is 1. The standard InChI is InChI=1S/C15H17BrN2/c1-15(2,3)18-14-10-11(16)7-8-12(14)13-6-4-5-9-17-13/h4-10,18H,1-3H3. The summed E-state index contributed by atoms with van der Waals surface area (Å²) in [5.41, 5.74) is 3.21. The molecule has 0 spiro atoms. The van der Waals surface area contributed by atoms with E-state index < -0.39 is 0 Å². The Balaban J connectivity index is 2.47. The first-order valence-corrected chi connectivity index (χ1v) is 6.74. The molecule has 1 aromatic carbocycles. The van der Waals surface area contributed by atoms with Crippen LogP contribution in [0.2, 0.25) is 0 Å². The molecule has 0 atom stereocenters. The summed E-state index contributed by atoms with van der Waals surface area (Å²) in [5, 5.41) is 3.52. The normalized spacial score (nSPS) is 11.3. The van der Waals surface area contributed by atoms with Gasteiger partial charge in [-0.15, -0.1) is 0 Å². The van der Waals surface area contributed by atoms with Gasteiger partial charge in [-0.3, -0.25) is 4.98 Å². The van der Waals surface area contributed by atoms with E-state index in [-0.39, 0.29) is 5.54 Å². The lowest BCUT2D eigenvalue weighted by Crippen LogP contribution is -2.26. The van der Waals surface area contributed by atoms with Crippen molar-refractivity contribution in [2.24, 2.45) is 0 Å². The van der Waals surface area contributed by atoms with Crippen molar-refractivity contribution in [1.82, 2.24) is 4.98 Å². The molecule has 0 bridgehead atoms. The Kier molecular flexibility index (Phi) is 3.71. The van der Waals surface area contributed by atoms with E-state index in [4.69, 9.17) is 0 Å². The van der Waals surface area contributed by atoms with Crippen LogP contribution in [-0.2, 0) is 0 Å². The van der Waals surface area contributed by atoms with Crippen molar-refractivity contribution in [3.8, 4) is 11.3 Å². The van der Waals surface area contributed by atoms with Gasteiger partial charge in [0.2, 0.25) is 0 Å². The second-order valence-electron chi connectivity index (χ2n) is 5.28. The lowest BCUT2D eigenvalue weighted by Gasteiger charge is -2.24. The largest absolute Gasteiger partial charge is 0.380 e. The fourth-order valence-electron chi connectivity index (χ4n) is 1.77. The number of benzene rings is 1. The molecular weight excluding hydrogens is 288 g/mol. The van der Waals surface area contributed by atoms with E-state index in [0.29, 0.717) is 0 Å². The summed E-state index contributed by atoms with van der Waals surface area (Å²) in [6.45, 7) is 6.45. The van der Waals surface area contributed by atoms with Gasteiger partial charge in [0.05, 0.1) is 5.69 Å².